The van der Waals surface area contributed by atoms with Gasteiger partial charge in [-0.25, -0.2) is 13.8 Å². The lowest BCUT2D eigenvalue weighted by Crippen LogP contribution is -2.19. The average molecular weight is 481 g/mol. The van der Waals surface area contributed by atoms with Crippen molar-refractivity contribution >= 4 is 40.0 Å². The molecule has 1 fully saturated rings. The molecule has 1 aliphatic heterocycles. The lowest BCUT2D eigenvalue weighted by atomic mass is 10.2. The predicted octanol–water partition coefficient (Wildman–Crippen LogP) is 6.21. The second-order valence-corrected chi connectivity index (χ2v) is 8.31. The molecule has 0 aliphatic carbocycles. The Morgan fingerprint density at radius 3 is 2.59 bits per heavy atom. The third-order valence-electron chi connectivity index (χ3n) is 5.53. The van der Waals surface area contributed by atoms with Crippen molar-refractivity contribution < 1.29 is 18.3 Å². The van der Waals surface area contributed by atoms with Crippen molar-refractivity contribution in [3.05, 3.63) is 83.0 Å². The summed E-state index contributed by atoms with van der Waals surface area (Å²) in [6.45, 7) is 1.89. The quantitative estimate of drug-likeness (QED) is 0.368. The fourth-order valence-electron chi connectivity index (χ4n) is 3.77. The van der Waals surface area contributed by atoms with Gasteiger partial charge in [-0.2, -0.15) is 0 Å². The number of rotatable bonds is 5. The van der Waals surface area contributed by atoms with E-state index in [-0.39, 0.29) is 22.0 Å². The molecule has 1 saturated heterocycles. The topological polar surface area (TPSA) is 67.3 Å². The van der Waals surface area contributed by atoms with Crippen molar-refractivity contribution in [1.82, 2.24) is 9.97 Å². The summed E-state index contributed by atoms with van der Waals surface area (Å²) >= 11 is 5.66. The van der Waals surface area contributed by atoms with Crippen LogP contribution in [0.2, 0.25) is 5.02 Å². The maximum atomic E-state index is 14.5. The van der Waals surface area contributed by atoms with Crippen LogP contribution in [0.5, 0.6) is 11.5 Å². The molecular formula is C25H19ClF2N4O2. The molecule has 0 atom stereocenters. The van der Waals surface area contributed by atoms with E-state index >= 15 is 0 Å². The highest BCUT2D eigenvalue weighted by Crippen LogP contribution is 2.30. The molecule has 3 aromatic carbocycles. The summed E-state index contributed by atoms with van der Waals surface area (Å²) in [6, 6.07) is 12.8. The molecule has 1 N–H and O–H groups in total. The maximum Gasteiger partial charge on any atom is 0.255 e. The van der Waals surface area contributed by atoms with Crippen molar-refractivity contribution in [2.45, 2.75) is 12.8 Å². The Kier molecular flexibility index (Phi) is 5.98. The average Bonchev–Trinajstić information content (AvgIpc) is 3.37. The van der Waals surface area contributed by atoms with Crippen molar-refractivity contribution in [3.8, 4) is 11.5 Å². The van der Waals surface area contributed by atoms with Crippen LogP contribution in [0.1, 0.15) is 23.2 Å². The van der Waals surface area contributed by atoms with Crippen molar-refractivity contribution in [3.63, 3.8) is 0 Å². The normalized spacial score (nSPS) is 13.3. The molecule has 1 amide bonds. The molecule has 0 bridgehead atoms. The molecule has 6 nitrogen and oxygen atoms in total. The van der Waals surface area contributed by atoms with Crippen molar-refractivity contribution in [2.24, 2.45) is 0 Å². The zero-order valence-corrected chi connectivity index (χ0v) is 18.6. The molecule has 5 rings (SSSR count). The van der Waals surface area contributed by atoms with E-state index in [2.05, 4.69) is 20.2 Å². The summed E-state index contributed by atoms with van der Waals surface area (Å²) in [4.78, 5) is 23.8. The van der Waals surface area contributed by atoms with Gasteiger partial charge in [0.2, 0.25) is 0 Å². The van der Waals surface area contributed by atoms with Crippen molar-refractivity contribution in [1.29, 1.82) is 0 Å². The van der Waals surface area contributed by atoms with Gasteiger partial charge in [0.1, 0.15) is 17.4 Å². The van der Waals surface area contributed by atoms with Crippen LogP contribution in [-0.2, 0) is 0 Å². The minimum Gasteiger partial charge on any atom is -0.454 e. The first kappa shape index (κ1) is 22.0. The third-order valence-corrected chi connectivity index (χ3v) is 5.84. The van der Waals surface area contributed by atoms with E-state index in [0.717, 1.165) is 37.8 Å². The Labute approximate surface area is 199 Å². The van der Waals surface area contributed by atoms with Crippen LogP contribution < -0.4 is 15.0 Å². The van der Waals surface area contributed by atoms with E-state index < -0.39 is 17.5 Å². The van der Waals surface area contributed by atoms with Crippen LogP contribution in [-0.4, -0.2) is 29.0 Å². The van der Waals surface area contributed by atoms with E-state index in [1.165, 1.54) is 30.3 Å². The summed E-state index contributed by atoms with van der Waals surface area (Å²) in [5.74, 6) is -0.775. The number of carbonyl (C=O) groups excluding carboxylic acids is 1. The Balaban J connectivity index is 1.37. The standard InChI is InChI=1S/C25H19ClF2N4O2/c26-18-6-3-15(11-20(18)28)25(33)30-16-4-7-19(27)23(12-16)34-17-5-8-21-22(13-17)31-24(14-29-21)32-9-1-2-10-32/h3-8,11-14H,1-2,9-10H2,(H,30,33). The highest BCUT2D eigenvalue weighted by Gasteiger charge is 2.15. The number of hydrogen-bond donors (Lipinski definition) is 1. The Morgan fingerprint density at radius 1 is 0.971 bits per heavy atom. The number of nitrogens with one attached hydrogen (secondary N) is 1. The first-order chi connectivity index (χ1) is 16.5. The number of anilines is 2. The number of halogens is 3. The molecule has 0 spiro atoms. The molecule has 2 heterocycles. The predicted molar refractivity (Wildman–Crippen MR) is 127 cm³/mol. The number of benzene rings is 3. The lowest BCUT2D eigenvalue weighted by Gasteiger charge is -2.16. The number of hydrogen-bond acceptors (Lipinski definition) is 5. The number of aromatic nitrogens is 2. The Hall–Kier alpha value is -3.78. The zero-order chi connectivity index (χ0) is 23.7. The summed E-state index contributed by atoms with van der Waals surface area (Å²) in [5, 5.41) is 2.52. The molecule has 9 heteroatoms. The van der Waals surface area contributed by atoms with Gasteiger partial charge < -0.3 is 15.0 Å². The minimum atomic E-state index is -0.704. The van der Waals surface area contributed by atoms with E-state index in [9.17, 15) is 13.6 Å². The van der Waals surface area contributed by atoms with Gasteiger partial charge in [-0.1, -0.05) is 11.6 Å². The van der Waals surface area contributed by atoms with E-state index in [1.54, 1.807) is 24.4 Å². The summed E-state index contributed by atoms with van der Waals surface area (Å²) < 4.78 is 33.9. The number of amides is 1. The van der Waals surface area contributed by atoms with E-state index in [4.69, 9.17) is 16.3 Å². The van der Waals surface area contributed by atoms with Crippen LogP contribution in [0.3, 0.4) is 0 Å². The van der Waals surface area contributed by atoms with Gasteiger partial charge in [-0.3, -0.25) is 9.78 Å². The van der Waals surface area contributed by atoms with Gasteiger partial charge in [-0.05, 0) is 55.3 Å². The molecule has 4 aromatic rings. The van der Waals surface area contributed by atoms with Crippen LogP contribution in [0.4, 0.5) is 20.3 Å². The number of ether oxygens (including phenoxy) is 1. The van der Waals surface area contributed by atoms with Gasteiger partial charge in [0.05, 0.1) is 22.3 Å². The molecule has 1 aliphatic rings. The number of carbonyl (C=O) groups is 1. The molecule has 34 heavy (non-hydrogen) atoms. The highest BCUT2D eigenvalue weighted by atomic mass is 35.5. The summed E-state index contributed by atoms with van der Waals surface area (Å²) in [5.41, 5.74) is 1.70. The van der Waals surface area contributed by atoms with Gasteiger partial charge in [0.15, 0.2) is 11.6 Å². The molecule has 0 saturated carbocycles. The smallest absolute Gasteiger partial charge is 0.255 e. The fourth-order valence-corrected chi connectivity index (χ4v) is 3.89. The minimum absolute atomic E-state index is 0.0793. The monoisotopic (exact) mass is 480 g/mol. The lowest BCUT2D eigenvalue weighted by molar-refractivity contribution is 0.102. The first-order valence-corrected chi connectivity index (χ1v) is 11.1. The van der Waals surface area contributed by atoms with Crippen molar-refractivity contribution in [2.75, 3.05) is 23.3 Å². The van der Waals surface area contributed by atoms with Crippen LogP contribution in [0.15, 0.2) is 60.8 Å². The molecule has 172 valence electrons. The van der Waals surface area contributed by atoms with Crippen LogP contribution in [0, 0.1) is 11.6 Å². The Bertz CT molecular complexity index is 1390. The number of fused-ring (bicyclic) bond motifs is 1. The van der Waals surface area contributed by atoms with Gasteiger partial charge >= 0.3 is 0 Å². The summed E-state index contributed by atoms with van der Waals surface area (Å²) in [6.07, 6.45) is 4.01. The largest absolute Gasteiger partial charge is 0.454 e. The van der Waals surface area contributed by atoms with Gasteiger partial charge in [0, 0.05) is 36.5 Å². The molecule has 0 unspecified atom stereocenters. The SMILES string of the molecule is O=C(Nc1ccc(F)c(Oc2ccc3ncc(N4CCCC4)nc3c2)c1)c1ccc(Cl)c(F)c1. The van der Waals surface area contributed by atoms with Crippen LogP contribution >= 0.6 is 11.6 Å². The van der Waals surface area contributed by atoms with Gasteiger partial charge in [-0.15, -0.1) is 0 Å². The molecular weight excluding hydrogens is 462 g/mol. The zero-order valence-electron chi connectivity index (χ0n) is 17.9. The third kappa shape index (κ3) is 4.63. The second kappa shape index (κ2) is 9.23. The van der Waals surface area contributed by atoms with E-state index in [1.807, 2.05) is 0 Å². The van der Waals surface area contributed by atoms with Gasteiger partial charge in [0.25, 0.3) is 5.91 Å². The number of nitrogens with zero attached hydrogens (tertiary/aromatic N) is 3. The molecule has 0 radical (unpaired) electrons. The van der Waals surface area contributed by atoms with Crippen LogP contribution in [0.25, 0.3) is 11.0 Å². The maximum absolute atomic E-state index is 14.5. The second-order valence-electron chi connectivity index (χ2n) is 7.90. The first-order valence-electron chi connectivity index (χ1n) is 10.7. The fraction of sp³-hybridized carbons (Fsp3) is 0.160. The molecule has 1 aromatic heterocycles. The Morgan fingerprint density at radius 2 is 1.79 bits per heavy atom. The highest BCUT2D eigenvalue weighted by molar-refractivity contribution is 6.30. The summed E-state index contributed by atoms with van der Waals surface area (Å²) in [7, 11) is 0. The van der Waals surface area contributed by atoms with E-state index in [0.29, 0.717) is 16.8 Å².